The van der Waals surface area contributed by atoms with Crippen LogP contribution in [0.15, 0.2) is 30.5 Å². The molecule has 1 heterocycles. The van der Waals surface area contributed by atoms with E-state index in [-0.39, 0.29) is 11.4 Å². The molecule has 1 aromatic heterocycles. The highest BCUT2D eigenvalue weighted by atomic mass is 19.4. The van der Waals surface area contributed by atoms with E-state index in [1.807, 2.05) is 0 Å². The number of nitrogens with zero attached hydrogens (tertiary/aromatic N) is 2. The van der Waals surface area contributed by atoms with Crippen molar-refractivity contribution in [1.29, 1.82) is 0 Å². The summed E-state index contributed by atoms with van der Waals surface area (Å²) >= 11 is 0. The predicted molar refractivity (Wildman–Crippen MR) is 67.0 cm³/mol. The third-order valence-corrected chi connectivity index (χ3v) is 2.61. The lowest BCUT2D eigenvalue weighted by Gasteiger charge is -2.12. The van der Waals surface area contributed by atoms with E-state index in [9.17, 15) is 18.0 Å². The monoisotopic (exact) mass is 284 g/mol. The Morgan fingerprint density at radius 1 is 1.35 bits per heavy atom. The van der Waals surface area contributed by atoms with Crippen molar-refractivity contribution in [3.8, 4) is 0 Å². The molecular weight excluding hydrogens is 273 g/mol. The first-order valence-electron chi connectivity index (χ1n) is 5.55. The second-order valence-electron chi connectivity index (χ2n) is 4.09. The van der Waals surface area contributed by atoms with Gasteiger partial charge in [0.1, 0.15) is 0 Å². The molecule has 0 unspecified atom stereocenters. The zero-order chi connectivity index (χ0) is 14.9. The summed E-state index contributed by atoms with van der Waals surface area (Å²) in [7, 11) is 1.65. The van der Waals surface area contributed by atoms with E-state index in [0.717, 1.165) is 12.1 Å². The molecule has 1 aromatic carbocycles. The van der Waals surface area contributed by atoms with Crippen LogP contribution in [0.4, 0.5) is 24.7 Å². The number of aromatic nitrogens is 2. The fourth-order valence-electron chi connectivity index (χ4n) is 1.68. The van der Waals surface area contributed by atoms with Crippen molar-refractivity contribution in [2.75, 3.05) is 11.1 Å². The number of hydrogen-bond acceptors (Lipinski definition) is 3. The number of para-hydroxylation sites is 1. The third kappa shape index (κ3) is 2.73. The lowest BCUT2D eigenvalue weighted by Crippen LogP contribution is -2.18. The number of nitrogen functional groups attached to an aromatic ring is 1. The Balaban J connectivity index is 2.31. The first-order chi connectivity index (χ1) is 9.29. The summed E-state index contributed by atoms with van der Waals surface area (Å²) < 4.78 is 39.5. The van der Waals surface area contributed by atoms with Crippen LogP contribution in [-0.2, 0) is 13.2 Å². The average Bonchev–Trinajstić information content (AvgIpc) is 2.73. The fourth-order valence-corrected chi connectivity index (χ4v) is 1.68. The van der Waals surface area contributed by atoms with E-state index >= 15 is 0 Å². The quantitative estimate of drug-likeness (QED) is 0.831. The number of alkyl halides is 3. The number of benzene rings is 1. The van der Waals surface area contributed by atoms with E-state index < -0.39 is 23.3 Å². The fraction of sp³-hybridized carbons (Fsp3) is 0.167. The molecule has 0 fully saturated rings. The number of nitrogens with two attached hydrogens (primary N) is 1. The number of hydrogen-bond donors (Lipinski definition) is 2. The first kappa shape index (κ1) is 13.9. The van der Waals surface area contributed by atoms with Crippen molar-refractivity contribution in [1.82, 2.24) is 9.78 Å². The Bertz CT molecular complexity index is 648. The number of halogens is 3. The minimum atomic E-state index is -4.61. The van der Waals surface area contributed by atoms with Crippen molar-refractivity contribution in [2.45, 2.75) is 6.18 Å². The Morgan fingerprint density at radius 3 is 2.60 bits per heavy atom. The summed E-state index contributed by atoms with van der Waals surface area (Å²) in [6.07, 6.45) is -3.02. The largest absolute Gasteiger partial charge is 0.418 e. The number of amides is 1. The van der Waals surface area contributed by atoms with Crippen molar-refractivity contribution >= 4 is 17.4 Å². The molecule has 20 heavy (non-hydrogen) atoms. The minimum Gasteiger partial charge on any atom is -0.398 e. The van der Waals surface area contributed by atoms with Gasteiger partial charge >= 0.3 is 6.18 Å². The molecule has 0 radical (unpaired) electrons. The van der Waals surface area contributed by atoms with Crippen LogP contribution in [0, 0.1) is 0 Å². The van der Waals surface area contributed by atoms with E-state index in [1.54, 1.807) is 13.2 Å². The summed E-state index contributed by atoms with van der Waals surface area (Å²) in [5.41, 5.74) is 3.54. The Morgan fingerprint density at radius 2 is 2.05 bits per heavy atom. The molecule has 2 aromatic rings. The van der Waals surface area contributed by atoms with Gasteiger partial charge in [-0.05, 0) is 12.1 Å². The van der Waals surface area contributed by atoms with Crippen LogP contribution in [0.1, 0.15) is 15.9 Å². The van der Waals surface area contributed by atoms with Crippen LogP contribution >= 0.6 is 0 Å². The first-order valence-corrected chi connectivity index (χ1v) is 5.55. The van der Waals surface area contributed by atoms with Crippen LogP contribution in [0.5, 0.6) is 0 Å². The standard InChI is InChI=1S/C12H11F3N4O/c1-19-6-5-9(18-19)17-11(20)7-3-2-4-8(10(7)16)12(13,14)15/h2-6H,16H2,1H3,(H,17,18,20). The van der Waals surface area contributed by atoms with Crippen molar-refractivity contribution in [2.24, 2.45) is 7.05 Å². The van der Waals surface area contributed by atoms with E-state index in [2.05, 4.69) is 10.4 Å². The van der Waals surface area contributed by atoms with Gasteiger partial charge in [-0.25, -0.2) is 0 Å². The van der Waals surface area contributed by atoms with Gasteiger partial charge < -0.3 is 11.1 Å². The van der Waals surface area contributed by atoms with Gasteiger partial charge in [0.2, 0.25) is 0 Å². The lowest BCUT2D eigenvalue weighted by atomic mass is 10.1. The summed E-state index contributed by atoms with van der Waals surface area (Å²) in [6, 6.07) is 4.70. The van der Waals surface area contributed by atoms with Crippen LogP contribution in [0.3, 0.4) is 0 Å². The molecule has 0 atom stereocenters. The van der Waals surface area contributed by atoms with Crippen molar-refractivity contribution < 1.29 is 18.0 Å². The summed E-state index contributed by atoms with van der Waals surface area (Å²) in [5, 5.41) is 6.28. The van der Waals surface area contributed by atoms with Gasteiger partial charge in [-0.2, -0.15) is 18.3 Å². The number of carbonyl (C=O) groups excluding carboxylic acids is 1. The molecular formula is C12H11F3N4O. The predicted octanol–water partition coefficient (Wildman–Crippen LogP) is 2.27. The van der Waals surface area contributed by atoms with Crippen molar-refractivity contribution in [3.63, 3.8) is 0 Å². The second kappa shape index (κ2) is 4.87. The maximum atomic E-state index is 12.7. The number of aryl methyl sites for hydroxylation is 1. The summed E-state index contributed by atoms with van der Waals surface area (Å²) in [4.78, 5) is 11.9. The number of nitrogens with one attached hydrogen (secondary N) is 1. The maximum Gasteiger partial charge on any atom is 0.418 e. The van der Waals surface area contributed by atoms with Gasteiger partial charge in [0, 0.05) is 19.3 Å². The Hall–Kier alpha value is -2.51. The van der Waals surface area contributed by atoms with Crippen molar-refractivity contribution in [3.05, 3.63) is 41.6 Å². The normalized spacial score (nSPS) is 11.4. The van der Waals surface area contributed by atoms with Crippen LogP contribution in [0.2, 0.25) is 0 Å². The van der Waals surface area contributed by atoms with Gasteiger partial charge in [0.05, 0.1) is 16.8 Å². The number of rotatable bonds is 2. The van der Waals surface area contributed by atoms with Gasteiger partial charge in [-0.3, -0.25) is 9.48 Å². The Kier molecular flexibility index (Phi) is 3.39. The van der Waals surface area contributed by atoms with Crippen LogP contribution < -0.4 is 11.1 Å². The highest BCUT2D eigenvalue weighted by Gasteiger charge is 2.34. The Labute approximate surface area is 112 Å². The molecule has 8 heteroatoms. The highest BCUT2D eigenvalue weighted by Crippen LogP contribution is 2.35. The zero-order valence-electron chi connectivity index (χ0n) is 10.4. The molecule has 2 rings (SSSR count). The lowest BCUT2D eigenvalue weighted by molar-refractivity contribution is -0.136. The molecule has 5 nitrogen and oxygen atoms in total. The van der Waals surface area contributed by atoms with Gasteiger partial charge in [-0.1, -0.05) is 6.07 Å². The smallest absolute Gasteiger partial charge is 0.398 e. The number of carbonyl (C=O) groups is 1. The third-order valence-electron chi connectivity index (χ3n) is 2.61. The SMILES string of the molecule is Cn1ccc(NC(=O)c2cccc(C(F)(F)F)c2N)n1. The van der Waals surface area contributed by atoms with E-state index in [0.29, 0.717) is 0 Å². The molecule has 0 aliphatic heterocycles. The summed E-state index contributed by atoms with van der Waals surface area (Å²) in [5.74, 6) is -0.512. The summed E-state index contributed by atoms with van der Waals surface area (Å²) in [6.45, 7) is 0. The molecule has 3 N–H and O–H groups in total. The van der Waals surface area contributed by atoms with Gasteiger partial charge in [0.25, 0.3) is 5.91 Å². The minimum absolute atomic E-state index is 0.231. The molecule has 1 amide bonds. The zero-order valence-corrected chi connectivity index (χ0v) is 10.4. The topological polar surface area (TPSA) is 72.9 Å². The maximum absolute atomic E-state index is 12.7. The van der Waals surface area contributed by atoms with Gasteiger partial charge in [0.15, 0.2) is 5.82 Å². The van der Waals surface area contributed by atoms with E-state index in [1.165, 1.54) is 16.8 Å². The van der Waals surface area contributed by atoms with Crippen LogP contribution in [0.25, 0.3) is 0 Å². The second-order valence-corrected chi connectivity index (χ2v) is 4.09. The number of anilines is 2. The van der Waals surface area contributed by atoms with Crippen LogP contribution in [-0.4, -0.2) is 15.7 Å². The molecule has 0 spiro atoms. The molecule has 0 aliphatic carbocycles. The van der Waals surface area contributed by atoms with Gasteiger partial charge in [-0.15, -0.1) is 0 Å². The molecule has 0 saturated heterocycles. The average molecular weight is 284 g/mol. The van der Waals surface area contributed by atoms with E-state index in [4.69, 9.17) is 5.73 Å². The highest BCUT2D eigenvalue weighted by molar-refractivity contribution is 6.07. The molecule has 106 valence electrons. The molecule has 0 aliphatic rings. The molecule has 0 bridgehead atoms. The molecule has 0 saturated carbocycles.